The monoisotopic (exact) mass is 353 g/mol. The summed E-state index contributed by atoms with van der Waals surface area (Å²) in [6.45, 7) is 2.16. The van der Waals surface area contributed by atoms with Crippen molar-refractivity contribution in [3.05, 3.63) is 22.6 Å². The summed E-state index contributed by atoms with van der Waals surface area (Å²) in [5.74, 6) is 2.47. The van der Waals surface area contributed by atoms with Crippen molar-refractivity contribution < 1.29 is 4.42 Å². The van der Waals surface area contributed by atoms with Gasteiger partial charge in [-0.2, -0.15) is 11.8 Å². The third kappa shape index (κ3) is 3.25. The molecule has 0 N–H and O–H groups in total. The molecule has 0 amide bonds. The molecule has 0 saturated carbocycles. The second-order valence-corrected chi connectivity index (χ2v) is 6.19. The molecule has 1 aromatic heterocycles. The second kappa shape index (κ2) is 5.75. The first-order valence-electron chi connectivity index (χ1n) is 4.90. The number of halogens is 2. The van der Waals surface area contributed by atoms with Gasteiger partial charge in [0.25, 0.3) is 0 Å². The molecule has 84 valence electrons. The highest BCUT2D eigenvalue weighted by molar-refractivity contribution is 9.10. The van der Waals surface area contributed by atoms with E-state index in [0.29, 0.717) is 6.04 Å². The van der Waals surface area contributed by atoms with Crippen molar-refractivity contribution in [2.75, 3.05) is 23.4 Å². The molecule has 1 aliphatic rings. The minimum Gasteiger partial charge on any atom is -0.457 e. The highest BCUT2D eigenvalue weighted by Gasteiger charge is 2.22. The standard InChI is InChI=1S/C10H13Br2NOS/c11-4-9-7-15-2-1-13(9)5-8-3-10(12)14-6-8/h3,6,9H,1-2,4-5,7H2. The van der Waals surface area contributed by atoms with E-state index in [1.54, 1.807) is 0 Å². The van der Waals surface area contributed by atoms with Gasteiger partial charge in [-0.3, -0.25) is 4.90 Å². The maximum absolute atomic E-state index is 5.25. The predicted molar refractivity (Wildman–Crippen MR) is 71.7 cm³/mol. The Kier molecular flexibility index (Phi) is 4.61. The third-order valence-corrected chi connectivity index (χ3v) is 4.79. The van der Waals surface area contributed by atoms with E-state index in [0.717, 1.165) is 16.5 Å². The first-order chi connectivity index (χ1) is 7.29. The summed E-state index contributed by atoms with van der Waals surface area (Å²) in [6, 6.07) is 2.70. The van der Waals surface area contributed by atoms with E-state index in [1.807, 2.05) is 24.1 Å². The second-order valence-electron chi connectivity index (χ2n) is 3.61. The summed E-state index contributed by atoms with van der Waals surface area (Å²) in [5.41, 5.74) is 1.25. The molecule has 0 spiro atoms. The van der Waals surface area contributed by atoms with Crippen LogP contribution in [0.5, 0.6) is 0 Å². The molecule has 15 heavy (non-hydrogen) atoms. The van der Waals surface area contributed by atoms with Crippen LogP contribution in [0.1, 0.15) is 5.56 Å². The smallest absolute Gasteiger partial charge is 0.169 e. The van der Waals surface area contributed by atoms with Gasteiger partial charge >= 0.3 is 0 Å². The summed E-state index contributed by atoms with van der Waals surface area (Å²) >= 11 is 8.96. The van der Waals surface area contributed by atoms with Gasteiger partial charge in [-0.1, -0.05) is 15.9 Å². The van der Waals surface area contributed by atoms with Crippen LogP contribution < -0.4 is 0 Å². The van der Waals surface area contributed by atoms with Gasteiger partial charge in [0.1, 0.15) is 0 Å². The highest BCUT2D eigenvalue weighted by Crippen LogP contribution is 2.22. The summed E-state index contributed by atoms with van der Waals surface area (Å²) in [4.78, 5) is 2.52. The lowest BCUT2D eigenvalue weighted by Gasteiger charge is -2.33. The molecule has 1 aromatic rings. The third-order valence-electron chi connectivity index (χ3n) is 2.54. The Morgan fingerprint density at radius 3 is 3.13 bits per heavy atom. The fraction of sp³-hybridized carbons (Fsp3) is 0.600. The van der Waals surface area contributed by atoms with Crippen molar-refractivity contribution in [2.45, 2.75) is 12.6 Å². The normalized spacial score (nSPS) is 23.2. The molecular weight excluding hydrogens is 342 g/mol. The maximum atomic E-state index is 5.25. The molecule has 1 unspecified atom stereocenters. The highest BCUT2D eigenvalue weighted by atomic mass is 79.9. The number of hydrogen-bond donors (Lipinski definition) is 0. The maximum Gasteiger partial charge on any atom is 0.169 e. The van der Waals surface area contributed by atoms with Gasteiger partial charge in [0, 0.05) is 41.5 Å². The number of furan rings is 1. The predicted octanol–water partition coefficient (Wildman–Crippen LogP) is 3.35. The van der Waals surface area contributed by atoms with Crippen LogP contribution in [0.25, 0.3) is 0 Å². The van der Waals surface area contributed by atoms with Crippen molar-refractivity contribution in [3.63, 3.8) is 0 Å². The van der Waals surface area contributed by atoms with Crippen LogP contribution in [-0.2, 0) is 6.54 Å². The number of alkyl halides is 1. The lowest BCUT2D eigenvalue weighted by Crippen LogP contribution is -2.42. The van der Waals surface area contributed by atoms with Crippen molar-refractivity contribution >= 4 is 43.6 Å². The molecular formula is C10H13Br2NOS. The molecule has 5 heteroatoms. The van der Waals surface area contributed by atoms with Crippen LogP contribution in [0.2, 0.25) is 0 Å². The van der Waals surface area contributed by atoms with Gasteiger partial charge in [0.05, 0.1) is 6.26 Å². The van der Waals surface area contributed by atoms with Crippen molar-refractivity contribution in [2.24, 2.45) is 0 Å². The van der Waals surface area contributed by atoms with Gasteiger partial charge in [-0.15, -0.1) is 0 Å². The topological polar surface area (TPSA) is 16.4 Å². The fourth-order valence-corrected chi connectivity index (χ4v) is 4.16. The molecule has 0 bridgehead atoms. The van der Waals surface area contributed by atoms with E-state index in [2.05, 4.69) is 36.8 Å². The molecule has 1 saturated heterocycles. The van der Waals surface area contributed by atoms with Crippen LogP contribution >= 0.6 is 43.6 Å². The molecule has 0 radical (unpaired) electrons. The van der Waals surface area contributed by atoms with E-state index >= 15 is 0 Å². The summed E-state index contributed by atoms with van der Waals surface area (Å²) in [7, 11) is 0. The SMILES string of the molecule is BrCC1CSCCN1Cc1coc(Br)c1. The summed E-state index contributed by atoms with van der Waals surface area (Å²) < 4.78 is 6.07. The van der Waals surface area contributed by atoms with Gasteiger partial charge in [-0.05, 0) is 22.0 Å². The Labute approximate surface area is 111 Å². The largest absolute Gasteiger partial charge is 0.457 e. The van der Waals surface area contributed by atoms with Crippen LogP contribution in [-0.4, -0.2) is 34.3 Å². The molecule has 1 fully saturated rings. The van der Waals surface area contributed by atoms with Crippen LogP contribution in [0, 0.1) is 0 Å². The van der Waals surface area contributed by atoms with E-state index in [9.17, 15) is 0 Å². The Morgan fingerprint density at radius 2 is 2.47 bits per heavy atom. The molecule has 0 aromatic carbocycles. The number of nitrogens with zero attached hydrogens (tertiary/aromatic N) is 1. The van der Waals surface area contributed by atoms with Crippen LogP contribution in [0.3, 0.4) is 0 Å². The Bertz CT molecular complexity index is 318. The van der Waals surface area contributed by atoms with E-state index in [-0.39, 0.29) is 0 Å². The average molecular weight is 355 g/mol. The summed E-state index contributed by atoms with van der Waals surface area (Å²) in [6.07, 6.45) is 1.83. The lowest BCUT2D eigenvalue weighted by molar-refractivity contribution is 0.227. The van der Waals surface area contributed by atoms with E-state index in [1.165, 1.54) is 23.6 Å². The molecule has 1 aliphatic heterocycles. The number of hydrogen-bond acceptors (Lipinski definition) is 3. The van der Waals surface area contributed by atoms with Crippen LogP contribution in [0.15, 0.2) is 21.4 Å². The molecule has 2 rings (SSSR count). The van der Waals surface area contributed by atoms with Gasteiger partial charge in [0.15, 0.2) is 4.67 Å². The molecule has 1 atom stereocenters. The van der Waals surface area contributed by atoms with Crippen molar-refractivity contribution in [1.82, 2.24) is 4.90 Å². The number of thioether (sulfide) groups is 1. The van der Waals surface area contributed by atoms with Crippen molar-refractivity contribution in [3.8, 4) is 0 Å². The first kappa shape index (κ1) is 12.0. The minimum atomic E-state index is 0.650. The quantitative estimate of drug-likeness (QED) is 0.774. The van der Waals surface area contributed by atoms with Gasteiger partial charge < -0.3 is 4.42 Å². The van der Waals surface area contributed by atoms with Gasteiger partial charge in [-0.25, -0.2) is 0 Å². The Morgan fingerprint density at radius 1 is 1.60 bits per heavy atom. The van der Waals surface area contributed by atoms with Gasteiger partial charge in [0.2, 0.25) is 0 Å². The fourth-order valence-electron chi connectivity index (χ4n) is 1.70. The van der Waals surface area contributed by atoms with E-state index < -0.39 is 0 Å². The van der Waals surface area contributed by atoms with E-state index in [4.69, 9.17) is 4.42 Å². The molecule has 2 heterocycles. The number of rotatable bonds is 3. The van der Waals surface area contributed by atoms with Crippen LogP contribution in [0.4, 0.5) is 0 Å². The first-order valence-corrected chi connectivity index (χ1v) is 7.97. The van der Waals surface area contributed by atoms with Crippen molar-refractivity contribution in [1.29, 1.82) is 0 Å². The lowest BCUT2D eigenvalue weighted by atomic mass is 10.2. The Hall–Kier alpha value is 0.550. The average Bonchev–Trinajstić information content (AvgIpc) is 2.65. The molecule has 2 nitrogen and oxygen atoms in total. The Balaban J connectivity index is 1.97. The minimum absolute atomic E-state index is 0.650. The molecule has 0 aliphatic carbocycles. The zero-order chi connectivity index (χ0) is 10.7. The summed E-state index contributed by atoms with van der Waals surface area (Å²) in [5, 5.41) is 1.05. The zero-order valence-corrected chi connectivity index (χ0v) is 12.3. The zero-order valence-electron chi connectivity index (χ0n) is 8.29.